The van der Waals surface area contributed by atoms with Crippen molar-refractivity contribution in [2.45, 2.75) is 26.7 Å². The van der Waals surface area contributed by atoms with Gasteiger partial charge in [0.15, 0.2) is 17.5 Å². The van der Waals surface area contributed by atoms with Crippen molar-refractivity contribution in [3.63, 3.8) is 0 Å². The first-order valence-electron chi connectivity index (χ1n) is 7.50. The van der Waals surface area contributed by atoms with Crippen molar-refractivity contribution >= 4 is 17.5 Å². The number of carbonyl (C=O) groups is 2. The van der Waals surface area contributed by atoms with Crippen molar-refractivity contribution in [2.75, 3.05) is 24.5 Å². The lowest BCUT2D eigenvalue weighted by atomic mass is 10.0. The molecule has 2 rings (SSSR count). The number of piperidine rings is 1. The molecule has 0 spiro atoms. The highest BCUT2D eigenvalue weighted by Crippen LogP contribution is 2.24. The molecule has 1 aliphatic heterocycles. The molecule has 126 valence electrons. The minimum atomic E-state index is -1.66. The molecule has 23 heavy (non-hydrogen) atoms. The lowest BCUT2D eigenvalue weighted by molar-refractivity contribution is -0.132. The first-order valence-corrected chi connectivity index (χ1v) is 7.50. The fourth-order valence-corrected chi connectivity index (χ4v) is 2.74. The Morgan fingerprint density at radius 3 is 2.57 bits per heavy atom. The van der Waals surface area contributed by atoms with Gasteiger partial charge in [-0.2, -0.15) is 0 Å². The Kier molecular flexibility index (Phi) is 5.28. The molecule has 4 nitrogen and oxygen atoms in total. The standard InChI is InChI=1S/C16H19F3N2O2/c1-10-4-3-7-20(8-10)14(23)9-21(11(2)22)13-6-5-12(17)15(18)16(13)19/h5-6,10H,3-4,7-9H2,1-2H3. The summed E-state index contributed by atoms with van der Waals surface area (Å²) >= 11 is 0. The van der Waals surface area contributed by atoms with Crippen LogP contribution in [0.2, 0.25) is 0 Å². The van der Waals surface area contributed by atoms with E-state index in [0.717, 1.165) is 36.8 Å². The fraction of sp³-hybridized carbons (Fsp3) is 0.500. The van der Waals surface area contributed by atoms with Crippen LogP contribution in [-0.4, -0.2) is 36.3 Å². The van der Waals surface area contributed by atoms with Crippen molar-refractivity contribution in [1.29, 1.82) is 0 Å². The summed E-state index contributed by atoms with van der Waals surface area (Å²) in [4.78, 5) is 26.5. The van der Waals surface area contributed by atoms with E-state index in [9.17, 15) is 22.8 Å². The van der Waals surface area contributed by atoms with Crippen LogP contribution in [0.3, 0.4) is 0 Å². The van der Waals surface area contributed by atoms with Gasteiger partial charge in [0.1, 0.15) is 6.54 Å². The highest BCUT2D eigenvalue weighted by molar-refractivity contribution is 5.97. The van der Waals surface area contributed by atoms with E-state index in [1.807, 2.05) is 6.92 Å². The lowest BCUT2D eigenvalue weighted by Gasteiger charge is -2.32. The summed E-state index contributed by atoms with van der Waals surface area (Å²) in [7, 11) is 0. The molecule has 1 atom stereocenters. The zero-order valence-electron chi connectivity index (χ0n) is 13.1. The Hall–Kier alpha value is -2.05. The molecule has 0 saturated carbocycles. The van der Waals surface area contributed by atoms with Gasteiger partial charge in [0.2, 0.25) is 11.8 Å². The molecule has 0 aliphatic carbocycles. The average Bonchev–Trinajstić information content (AvgIpc) is 2.50. The highest BCUT2D eigenvalue weighted by atomic mass is 19.2. The zero-order chi connectivity index (χ0) is 17.1. The second-order valence-electron chi connectivity index (χ2n) is 5.89. The third-order valence-electron chi connectivity index (χ3n) is 3.99. The molecular weight excluding hydrogens is 309 g/mol. The van der Waals surface area contributed by atoms with Gasteiger partial charge in [0.05, 0.1) is 5.69 Å². The number of hydrogen-bond donors (Lipinski definition) is 0. The number of nitrogens with zero attached hydrogens (tertiary/aromatic N) is 2. The van der Waals surface area contributed by atoms with Gasteiger partial charge >= 0.3 is 0 Å². The number of anilines is 1. The maximum Gasteiger partial charge on any atom is 0.242 e. The summed E-state index contributed by atoms with van der Waals surface area (Å²) < 4.78 is 40.3. The van der Waals surface area contributed by atoms with Gasteiger partial charge in [-0.25, -0.2) is 13.2 Å². The number of amides is 2. The van der Waals surface area contributed by atoms with Crippen LogP contribution < -0.4 is 4.90 Å². The Labute approximate surface area is 132 Å². The summed E-state index contributed by atoms with van der Waals surface area (Å²) in [5.74, 6) is -5.07. The Balaban J connectivity index is 2.21. The third kappa shape index (κ3) is 3.83. The molecule has 1 unspecified atom stereocenters. The Bertz CT molecular complexity index is 622. The van der Waals surface area contributed by atoms with Gasteiger partial charge in [-0.05, 0) is 30.9 Å². The van der Waals surface area contributed by atoms with Gasteiger partial charge in [-0.3, -0.25) is 9.59 Å². The number of rotatable bonds is 3. The molecular formula is C16H19F3N2O2. The molecule has 0 N–H and O–H groups in total. The molecule has 1 aromatic rings. The van der Waals surface area contributed by atoms with E-state index in [0.29, 0.717) is 19.0 Å². The summed E-state index contributed by atoms with van der Waals surface area (Å²) in [6.07, 6.45) is 1.89. The molecule has 0 bridgehead atoms. The van der Waals surface area contributed by atoms with Gasteiger partial charge < -0.3 is 9.80 Å². The second-order valence-corrected chi connectivity index (χ2v) is 5.89. The van der Waals surface area contributed by atoms with Crippen LogP contribution in [0.1, 0.15) is 26.7 Å². The van der Waals surface area contributed by atoms with Crippen molar-refractivity contribution in [1.82, 2.24) is 4.90 Å². The second kappa shape index (κ2) is 7.02. The van der Waals surface area contributed by atoms with Crippen LogP contribution in [0.5, 0.6) is 0 Å². The van der Waals surface area contributed by atoms with Crippen LogP contribution in [0, 0.1) is 23.4 Å². The quantitative estimate of drug-likeness (QED) is 0.801. The molecule has 2 amide bonds. The van der Waals surface area contributed by atoms with Gasteiger partial charge in [0.25, 0.3) is 0 Å². The molecule has 1 aromatic carbocycles. The summed E-state index contributed by atoms with van der Waals surface area (Å²) in [5.41, 5.74) is -0.435. The average molecular weight is 328 g/mol. The SMILES string of the molecule is CC(=O)N(CC(=O)N1CCCC(C)C1)c1ccc(F)c(F)c1F. The predicted molar refractivity (Wildman–Crippen MR) is 79.3 cm³/mol. The monoisotopic (exact) mass is 328 g/mol. The van der Waals surface area contributed by atoms with Gasteiger partial charge in [-0.1, -0.05) is 6.92 Å². The number of hydrogen-bond acceptors (Lipinski definition) is 2. The lowest BCUT2D eigenvalue weighted by Crippen LogP contribution is -2.46. The highest BCUT2D eigenvalue weighted by Gasteiger charge is 2.27. The predicted octanol–water partition coefficient (Wildman–Crippen LogP) is 2.72. The van der Waals surface area contributed by atoms with Crippen molar-refractivity contribution in [2.24, 2.45) is 5.92 Å². The van der Waals surface area contributed by atoms with Crippen LogP contribution in [0.4, 0.5) is 18.9 Å². The summed E-state index contributed by atoms with van der Waals surface area (Å²) in [6.45, 7) is 3.92. The Morgan fingerprint density at radius 2 is 1.96 bits per heavy atom. The Morgan fingerprint density at radius 1 is 1.26 bits per heavy atom. The summed E-state index contributed by atoms with van der Waals surface area (Å²) in [5, 5.41) is 0. The van der Waals surface area contributed by atoms with E-state index >= 15 is 0 Å². The summed E-state index contributed by atoms with van der Waals surface area (Å²) in [6, 6.07) is 1.69. The van der Waals surface area contributed by atoms with Crippen molar-refractivity contribution in [3.05, 3.63) is 29.6 Å². The van der Waals surface area contributed by atoms with E-state index in [-0.39, 0.29) is 5.91 Å². The van der Waals surface area contributed by atoms with Gasteiger partial charge in [-0.15, -0.1) is 0 Å². The number of likely N-dealkylation sites (tertiary alicyclic amines) is 1. The van der Waals surface area contributed by atoms with E-state index in [2.05, 4.69) is 0 Å². The van der Waals surface area contributed by atoms with Crippen molar-refractivity contribution in [3.8, 4) is 0 Å². The van der Waals surface area contributed by atoms with Gasteiger partial charge in [0, 0.05) is 20.0 Å². The number of carbonyl (C=O) groups excluding carboxylic acids is 2. The number of halogens is 3. The number of benzene rings is 1. The molecule has 1 saturated heterocycles. The molecule has 1 heterocycles. The third-order valence-corrected chi connectivity index (χ3v) is 3.99. The molecule has 1 aliphatic rings. The van der Waals surface area contributed by atoms with E-state index < -0.39 is 35.6 Å². The van der Waals surface area contributed by atoms with E-state index in [1.54, 1.807) is 4.90 Å². The largest absolute Gasteiger partial charge is 0.341 e. The first kappa shape index (κ1) is 17.3. The van der Waals surface area contributed by atoms with Crippen molar-refractivity contribution < 1.29 is 22.8 Å². The molecule has 1 fully saturated rings. The fourth-order valence-electron chi connectivity index (χ4n) is 2.74. The van der Waals surface area contributed by atoms with Crippen LogP contribution >= 0.6 is 0 Å². The normalized spacial score (nSPS) is 18.0. The topological polar surface area (TPSA) is 40.6 Å². The first-order chi connectivity index (χ1) is 10.8. The maximum absolute atomic E-state index is 13.9. The minimum absolute atomic E-state index is 0.337. The minimum Gasteiger partial charge on any atom is -0.341 e. The molecule has 0 radical (unpaired) electrons. The molecule has 7 heteroatoms. The zero-order valence-corrected chi connectivity index (χ0v) is 13.1. The maximum atomic E-state index is 13.9. The van der Waals surface area contributed by atoms with E-state index in [4.69, 9.17) is 0 Å². The van der Waals surface area contributed by atoms with Crippen LogP contribution in [0.15, 0.2) is 12.1 Å². The smallest absolute Gasteiger partial charge is 0.242 e. The van der Waals surface area contributed by atoms with E-state index in [1.165, 1.54) is 0 Å². The van der Waals surface area contributed by atoms with Crippen LogP contribution in [-0.2, 0) is 9.59 Å². The van der Waals surface area contributed by atoms with Crippen LogP contribution in [0.25, 0.3) is 0 Å². The molecule has 0 aromatic heterocycles.